The number of hydrogen-bond donors (Lipinski definition) is 1. The Hall–Kier alpha value is -1.21. The fourth-order valence-electron chi connectivity index (χ4n) is 0.498. The second kappa shape index (κ2) is 10.9. The minimum atomic E-state index is 0.889. The highest BCUT2D eigenvalue weighted by atomic mass is 32.1. The maximum atomic E-state index is 4.10. The first-order valence-corrected chi connectivity index (χ1v) is 5.03. The molecule has 0 saturated heterocycles. The maximum absolute atomic E-state index is 4.10. The molecule has 0 aromatic carbocycles. The van der Waals surface area contributed by atoms with E-state index in [0.29, 0.717) is 0 Å². The summed E-state index contributed by atoms with van der Waals surface area (Å²) in [6.45, 7) is 18.2. The van der Waals surface area contributed by atoms with Crippen LogP contribution in [-0.2, 0) is 0 Å². The van der Waals surface area contributed by atoms with Gasteiger partial charge in [-0.1, -0.05) is 62.3 Å². The van der Waals surface area contributed by atoms with E-state index >= 15 is 0 Å². The third kappa shape index (κ3) is 12.8. The molecule has 0 amide bonds. The van der Waals surface area contributed by atoms with Gasteiger partial charge in [0, 0.05) is 4.91 Å². The van der Waals surface area contributed by atoms with Crippen LogP contribution in [0.15, 0.2) is 72.7 Å². The summed E-state index contributed by atoms with van der Waals surface area (Å²) in [6, 6.07) is 0. The maximum Gasteiger partial charge on any atom is 0.00631 e. The Morgan fingerprint density at radius 3 is 1.73 bits per heavy atom. The summed E-state index contributed by atoms with van der Waals surface area (Å²) in [4.78, 5) is 0.889. The summed E-state index contributed by atoms with van der Waals surface area (Å²) in [5.41, 5.74) is 2.11. The molecule has 0 N–H and O–H groups in total. The Balaban J connectivity index is 0. The highest BCUT2D eigenvalue weighted by Crippen LogP contribution is 2.08. The van der Waals surface area contributed by atoms with Gasteiger partial charge in [0.15, 0.2) is 0 Å². The molecule has 0 fully saturated rings. The normalized spacial score (nSPS) is 10.9. The molecule has 0 aliphatic heterocycles. The van der Waals surface area contributed by atoms with Crippen molar-refractivity contribution in [2.75, 3.05) is 0 Å². The van der Waals surface area contributed by atoms with Gasteiger partial charge in [-0.2, -0.15) is 0 Å². The van der Waals surface area contributed by atoms with Gasteiger partial charge < -0.3 is 0 Å². The first-order chi connectivity index (χ1) is 6.99. The largest absolute Gasteiger partial charge is 0.143 e. The quantitative estimate of drug-likeness (QED) is 0.507. The van der Waals surface area contributed by atoms with Crippen molar-refractivity contribution in [3.63, 3.8) is 0 Å². The molecule has 1 heteroatoms. The van der Waals surface area contributed by atoms with Crippen molar-refractivity contribution < 1.29 is 0 Å². The van der Waals surface area contributed by atoms with Crippen LogP contribution in [0.3, 0.4) is 0 Å². The second-order valence-electron chi connectivity index (χ2n) is 2.92. The topological polar surface area (TPSA) is 0 Å². The Bertz CT molecular complexity index is 274. The lowest BCUT2D eigenvalue weighted by Gasteiger charge is -1.91. The van der Waals surface area contributed by atoms with Gasteiger partial charge in [0.1, 0.15) is 0 Å². The number of allylic oxidation sites excluding steroid dienone is 7. The Morgan fingerprint density at radius 1 is 1.07 bits per heavy atom. The molecule has 0 heterocycles. The predicted octanol–water partition coefficient (Wildman–Crippen LogP) is 4.87. The average molecular weight is 220 g/mol. The van der Waals surface area contributed by atoms with Gasteiger partial charge in [0.05, 0.1) is 0 Å². The van der Waals surface area contributed by atoms with E-state index in [4.69, 9.17) is 0 Å². The Morgan fingerprint density at radius 2 is 1.60 bits per heavy atom. The molecular formula is C14H20S. The number of rotatable bonds is 4. The zero-order valence-corrected chi connectivity index (χ0v) is 10.6. The van der Waals surface area contributed by atoms with Gasteiger partial charge in [0.25, 0.3) is 0 Å². The third-order valence-electron chi connectivity index (χ3n) is 1.42. The first kappa shape index (κ1) is 16.2. The second-order valence-corrected chi connectivity index (χ2v) is 3.40. The lowest BCUT2D eigenvalue weighted by Crippen LogP contribution is -1.68. The minimum Gasteiger partial charge on any atom is -0.143 e. The SMILES string of the molecule is C=C/C(C)=C(/S)C=C.C=C/C=C\C(=C)C. The fourth-order valence-corrected chi connectivity index (χ4v) is 0.589. The summed E-state index contributed by atoms with van der Waals surface area (Å²) in [6.07, 6.45) is 8.95. The van der Waals surface area contributed by atoms with Crippen LogP contribution in [0, 0.1) is 0 Å². The van der Waals surface area contributed by atoms with E-state index in [1.165, 1.54) is 0 Å². The van der Waals surface area contributed by atoms with E-state index in [9.17, 15) is 0 Å². The van der Waals surface area contributed by atoms with Crippen molar-refractivity contribution >= 4 is 12.6 Å². The molecule has 82 valence electrons. The number of thiol groups is 1. The van der Waals surface area contributed by atoms with E-state index < -0.39 is 0 Å². The summed E-state index contributed by atoms with van der Waals surface area (Å²) in [5, 5.41) is 0. The molecule has 0 unspecified atom stereocenters. The van der Waals surface area contributed by atoms with Crippen molar-refractivity contribution in [1.29, 1.82) is 0 Å². The van der Waals surface area contributed by atoms with E-state index in [1.807, 2.05) is 26.0 Å². The average Bonchev–Trinajstić information content (AvgIpc) is 2.24. The van der Waals surface area contributed by atoms with Gasteiger partial charge in [-0.15, -0.1) is 12.6 Å². The van der Waals surface area contributed by atoms with Crippen molar-refractivity contribution in [3.05, 3.63) is 72.7 Å². The molecule has 0 nitrogen and oxygen atoms in total. The zero-order valence-electron chi connectivity index (χ0n) is 9.66. The molecule has 0 aliphatic rings. The van der Waals surface area contributed by atoms with E-state index in [2.05, 4.69) is 38.9 Å². The highest BCUT2D eigenvalue weighted by molar-refractivity contribution is 7.84. The van der Waals surface area contributed by atoms with E-state index in [1.54, 1.807) is 18.2 Å². The summed E-state index contributed by atoms with van der Waals surface area (Å²) >= 11 is 4.10. The van der Waals surface area contributed by atoms with Crippen molar-refractivity contribution in [2.45, 2.75) is 13.8 Å². The van der Waals surface area contributed by atoms with Crippen LogP contribution in [-0.4, -0.2) is 0 Å². The van der Waals surface area contributed by atoms with Gasteiger partial charge in [-0.05, 0) is 19.4 Å². The fraction of sp³-hybridized carbons (Fsp3) is 0.143. The highest BCUT2D eigenvalue weighted by Gasteiger charge is 1.83. The molecule has 0 aliphatic carbocycles. The predicted molar refractivity (Wildman–Crippen MR) is 76.2 cm³/mol. The summed E-state index contributed by atoms with van der Waals surface area (Å²) in [7, 11) is 0. The Labute approximate surface area is 99.5 Å². The van der Waals surface area contributed by atoms with Gasteiger partial charge in [-0.25, -0.2) is 0 Å². The van der Waals surface area contributed by atoms with E-state index in [-0.39, 0.29) is 0 Å². The van der Waals surface area contributed by atoms with Crippen molar-refractivity contribution in [3.8, 4) is 0 Å². The molecular weight excluding hydrogens is 200 g/mol. The van der Waals surface area contributed by atoms with Crippen LogP contribution in [0.5, 0.6) is 0 Å². The zero-order chi connectivity index (χ0) is 12.3. The number of hydrogen-bond acceptors (Lipinski definition) is 1. The first-order valence-electron chi connectivity index (χ1n) is 4.58. The van der Waals surface area contributed by atoms with Gasteiger partial charge in [0.2, 0.25) is 0 Å². The molecule has 0 rings (SSSR count). The molecule has 0 radical (unpaired) electrons. The Kier molecular flexibility index (Phi) is 11.8. The molecule has 15 heavy (non-hydrogen) atoms. The van der Waals surface area contributed by atoms with Crippen LogP contribution in [0.2, 0.25) is 0 Å². The summed E-state index contributed by atoms with van der Waals surface area (Å²) in [5.74, 6) is 0. The molecule has 0 atom stereocenters. The van der Waals surface area contributed by atoms with Gasteiger partial charge in [-0.3, -0.25) is 0 Å². The molecule has 0 aromatic heterocycles. The monoisotopic (exact) mass is 220 g/mol. The molecule has 0 spiro atoms. The van der Waals surface area contributed by atoms with Crippen LogP contribution >= 0.6 is 12.6 Å². The van der Waals surface area contributed by atoms with Crippen LogP contribution in [0.4, 0.5) is 0 Å². The van der Waals surface area contributed by atoms with Crippen LogP contribution in [0.25, 0.3) is 0 Å². The van der Waals surface area contributed by atoms with Crippen molar-refractivity contribution in [2.24, 2.45) is 0 Å². The lowest BCUT2D eigenvalue weighted by molar-refractivity contribution is 1.52. The van der Waals surface area contributed by atoms with Crippen LogP contribution < -0.4 is 0 Å². The lowest BCUT2D eigenvalue weighted by atomic mass is 10.3. The molecule has 0 saturated carbocycles. The van der Waals surface area contributed by atoms with Crippen molar-refractivity contribution in [1.82, 2.24) is 0 Å². The van der Waals surface area contributed by atoms with Crippen LogP contribution in [0.1, 0.15) is 13.8 Å². The molecule has 0 bridgehead atoms. The van der Waals surface area contributed by atoms with Gasteiger partial charge >= 0.3 is 0 Å². The van der Waals surface area contributed by atoms with E-state index in [0.717, 1.165) is 16.1 Å². The smallest absolute Gasteiger partial charge is 0.00631 e. The minimum absolute atomic E-state index is 0.889. The molecule has 0 aromatic rings. The summed E-state index contributed by atoms with van der Waals surface area (Å²) < 4.78 is 0. The standard InChI is InChI=1S/C7H10S.C7H10/c1-4-6(3)7(8)5-2;1-4-5-6-7(2)3/h4-5,8H,1-2H2,3H3;4-6H,1-2H2,3H3/b7-6+;6-5-. The third-order valence-corrected chi connectivity index (χ3v) is 1.96.